The molecule has 0 bridgehead atoms. The Balaban J connectivity index is 2.16. The van der Waals surface area contributed by atoms with Crippen molar-refractivity contribution in [2.45, 2.75) is 32.2 Å². The maximum absolute atomic E-state index is 11.3. The van der Waals surface area contributed by atoms with E-state index < -0.39 is 0 Å². The van der Waals surface area contributed by atoms with Gasteiger partial charge in [0.2, 0.25) is 5.91 Å². The second-order valence-electron chi connectivity index (χ2n) is 3.87. The van der Waals surface area contributed by atoms with Crippen molar-refractivity contribution in [3.63, 3.8) is 0 Å². The third-order valence-electron chi connectivity index (χ3n) is 3.13. The molecule has 3 heteroatoms. The summed E-state index contributed by atoms with van der Waals surface area (Å²) in [6, 6.07) is 0.458. The van der Waals surface area contributed by atoms with Gasteiger partial charge in [-0.15, -0.1) is 0 Å². The molecular formula is C9H15NOS. The molecule has 2 rings (SSSR count). The lowest BCUT2D eigenvalue weighted by molar-refractivity contribution is -0.119. The molecule has 2 heterocycles. The lowest BCUT2D eigenvalue weighted by atomic mass is 9.79. The van der Waals surface area contributed by atoms with Gasteiger partial charge in [-0.1, -0.05) is 6.92 Å². The molecule has 2 nitrogen and oxygen atoms in total. The summed E-state index contributed by atoms with van der Waals surface area (Å²) < 4.78 is 0. The van der Waals surface area contributed by atoms with Crippen LogP contribution in [0.25, 0.3) is 0 Å². The molecule has 2 saturated heterocycles. The molecule has 68 valence electrons. The van der Waals surface area contributed by atoms with Gasteiger partial charge < -0.3 is 5.32 Å². The van der Waals surface area contributed by atoms with Crippen molar-refractivity contribution < 1.29 is 4.79 Å². The molecule has 12 heavy (non-hydrogen) atoms. The van der Waals surface area contributed by atoms with Crippen LogP contribution in [0.15, 0.2) is 0 Å². The van der Waals surface area contributed by atoms with Gasteiger partial charge in [0.15, 0.2) is 0 Å². The standard InChI is InChI=1S/C9H15NOS/c1-2-7-9(3-4-12-6-9)5-8(11)10-7/h7H,2-6H2,1H3,(H,10,11). The normalized spacial score (nSPS) is 40.8. The summed E-state index contributed by atoms with van der Waals surface area (Å²) in [7, 11) is 0. The van der Waals surface area contributed by atoms with Gasteiger partial charge in [-0.2, -0.15) is 11.8 Å². The smallest absolute Gasteiger partial charge is 0.220 e. The molecule has 2 fully saturated rings. The predicted molar refractivity (Wildman–Crippen MR) is 51.2 cm³/mol. The molecule has 0 radical (unpaired) electrons. The Labute approximate surface area is 77.5 Å². The number of hydrogen-bond acceptors (Lipinski definition) is 2. The Bertz CT molecular complexity index is 199. The minimum Gasteiger partial charge on any atom is -0.353 e. The van der Waals surface area contributed by atoms with Gasteiger partial charge in [-0.25, -0.2) is 0 Å². The van der Waals surface area contributed by atoms with Crippen LogP contribution in [-0.2, 0) is 4.79 Å². The number of thioether (sulfide) groups is 1. The number of carbonyl (C=O) groups is 1. The van der Waals surface area contributed by atoms with Gasteiger partial charge in [0.25, 0.3) is 0 Å². The molecule has 0 aromatic heterocycles. The number of carbonyl (C=O) groups excluding carboxylic acids is 1. The van der Waals surface area contributed by atoms with E-state index in [1.165, 1.54) is 17.9 Å². The summed E-state index contributed by atoms with van der Waals surface area (Å²) in [5, 5.41) is 3.08. The van der Waals surface area contributed by atoms with Gasteiger partial charge in [-0.3, -0.25) is 4.79 Å². The highest BCUT2D eigenvalue weighted by atomic mass is 32.2. The van der Waals surface area contributed by atoms with Crippen LogP contribution in [0.4, 0.5) is 0 Å². The first-order valence-electron chi connectivity index (χ1n) is 4.64. The van der Waals surface area contributed by atoms with E-state index in [1.54, 1.807) is 0 Å². The first-order valence-corrected chi connectivity index (χ1v) is 5.79. The minimum atomic E-state index is 0.268. The van der Waals surface area contributed by atoms with Gasteiger partial charge in [-0.05, 0) is 18.6 Å². The van der Waals surface area contributed by atoms with E-state index in [1.807, 2.05) is 11.8 Å². The monoisotopic (exact) mass is 185 g/mol. The van der Waals surface area contributed by atoms with Crippen molar-refractivity contribution in [3.05, 3.63) is 0 Å². The first kappa shape index (κ1) is 8.42. The van der Waals surface area contributed by atoms with Gasteiger partial charge in [0.1, 0.15) is 0 Å². The Kier molecular flexibility index (Phi) is 2.07. The number of nitrogens with one attached hydrogen (secondary N) is 1. The zero-order chi connectivity index (χ0) is 8.60. The molecule has 0 saturated carbocycles. The summed E-state index contributed by atoms with van der Waals surface area (Å²) in [6.45, 7) is 2.17. The fraction of sp³-hybridized carbons (Fsp3) is 0.889. The summed E-state index contributed by atoms with van der Waals surface area (Å²) >= 11 is 2.00. The molecular weight excluding hydrogens is 170 g/mol. The third-order valence-corrected chi connectivity index (χ3v) is 4.40. The molecule has 1 amide bonds. The van der Waals surface area contributed by atoms with Crippen molar-refractivity contribution >= 4 is 17.7 Å². The molecule has 0 aliphatic carbocycles. The van der Waals surface area contributed by atoms with Crippen LogP contribution in [-0.4, -0.2) is 23.5 Å². The fourth-order valence-electron chi connectivity index (χ4n) is 2.41. The zero-order valence-corrected chi connectivity index (χ0v) is 8.25. The molecule has 1 spiro atoms. The Morgan fingerprint density at radius 3 is 3.17 bits per heavy atom. The molecule has 2 aliphatic heterocycles. The summed E-state index contributed by atoms with van der Waals surface area (Å²) in [4.78, 5) is 11.3. The Hall–Kier alpha value is -0.180. The lowest BCUT2D eigenvalue weighted by Gasteiger charge is -2.27. The van der Waals surface area contributed by atoms with Crippen molar-refractivity contribution in [1.82, 2.24) is 5.32 Å². The van der Waals surface area contributed by atoms with Crippen molar-refractivity contribution in [2.75, 3.05) is 11.5 Å². The van der Waals surface area contributed by atoms with Crippen LogP contribution in [0, 0.1) is 5.41 Å². The Morgan fingerprint density at radius 2 is 2.58 bits per heavy atom. The van der Waals surface area contributed by atoms with E-state index in [0.29, 0.717) is 11.5 Å². The highest BCUT2D eigenvalue weighted by Gasteiger charge is 2.47. The third kappa shape index (κ3) is 1.15. The highest BCUT2D eigenvalue weighted by Crippen LogP contribution is 2.45. The van der Waals surface area contributed by atoms with Crippen molar-refractivity contribution in [3.8, 4) is 0 Å². The van der Waals surface area contributed by atoms with Crippen LogP contribution in [0.2, 0.25) is 0 Å². The fourth-order valence-corrected chi connectivity index (χ4v) is 3.96. The SMILES string of the molecule is CCC1NC(=O)CC12CCSC2. The average Bonchev–Trinajstić information content (AvgIpc) is 2.60. The molecule has 0 aromatic rings. The maximum atomic E-state index is 11.3. The summed E-state index contributed by atoms with van der Waals surface area (Å²) in [6.07, 6.45) is 3.10. The minimum absolute atomic E-state index is 0.268. The highest BCUT2D eigenvalue weighted by molar-refractivity contribution is 7.99. The molecule has 2 aliphatic rings. The van der Waals surface area contributed by atoms with Crippen LogP contribution >= 0.6 is 11.8 Å². The van der Waals surface area contributed by atoms with Crippen LogP contribution in [0.5, 0.6) is 0 Å². The summed E-state index contributed by atoms with van der Waals surface area (Å²) in [5.74, 6) is 2.69. The Morgan fingerprint density at radius 1 is 1.75 bits per heavy atom. The molecule has 2 unspecified atom stereocenters. The van der Waals surface area contributed by atoms with E-state index in [-0.39, 0.29) is 5.91 Å². The number of rotatable bonds is 1. The van der Waals surface area contributed by atoms with Gasteiger partial charge in [0.05, 0.1) is 0 Å². The second-order valence-corrected chi connectivity index (χ2v) is 4.98. The van der Waals surface area contributed by atoms with Gasteiger partial charge in [0, 0.05) is 23.6 Å². The van der Waals surface area contributed by atoms with E-state index in [0.717, 1.165) is 12.8 Å². The second kappa shape index (κ2) is 2.95. The van der Waals surface area contributed by atoms with E-state index in [2.05, 4.69) is 12.2 Å². The topological polar surface area (TPSA) is 29.1 Å². The van der Waals surface area contributed by atoms with E-state index in [9.17, 15) is 4.79 Å². The zero-order valence-electron chi connectivity index (χ0n) is 7.43. The van der Waals surface area contributed by atoms with Crippen molar-refractivity contribution in [1.29, 1.82) is 0 Å². The maximum Gasteiger partial charge on any atom is 0.220 e. The van der Waals surface area contributed by atoms with E-state index in [4.69, 9.17) is 0 Å². The van der Waals surface area contributed by atoms with Crippen molar-refractivity contribution in [2.24, 2.45) is 5.41 Å². The first-order chi connectivity index (χ1) is 5.77. The number of amides is 1. The largest absolute Gasteiger partial charge is 0.353 e. The van der Waals surface area contributed by atoms with Gasteiger partial charge >= 0.3 is 0 Å². The lowest BCUT2D eigenvalue weighted by Crippen LogP contribution is -2.36. The molecule has 0 aromatic carbocycles. The van der Waals surface area contributed by atoms with E-state index >= 15 is 0 Å². The average molecular weight is 185 g/mol. The summed E-state index contributed by atoms with van der Waals surface area (Å²) in [5.41, 5.74) is 0.330. The number of hydrogen-bond donors (Lipinski definition) is 1. The van der Waals surface area contributed by atoms with Crippen LogP contribution in [0.3, 0.4) is 0 Å². The quantitative estimate of drug-likeness (QED) is 0.669. The molecule has 2 atom stereocenters. The predicted octanol–water partition coefficient (Wildman–Crippen LogP) is 1.41. The molecule has 1 N–H and O–H groups in total. The van der Waals surface area contributed by atoms with Crippen LogP contribution in [0.1, 0.15) is 26.2 Å². The van der Waals surface area contributed by atoms with Crippen LogP contribution < -0.4 is 5.32 Å².